The summed E-state index contributed by atoms with van der Waals surface area (Å²) in [5.41, 5.74) is -4.67. The highest BCUT2D eigenvalue weighted by Gasteiger charge is 2.47. The summed E-state index contributed by atoms with van der Waals surface area (Å²) in [6, 6.07) is 0.0166. The standard InChI is InChI=1S/C15H13F6NO7/c16-14(17,18)5-1-4(2-6(3-5)15(19,20)21)11(26)22-12-9(25)7(23)8(24)10(29-12)13(27)28/h1-3,7-10,12,23-25H,(H,22,26)(H,27,28). The zero-order chi connectivity index (χ0) is 22.3. The monoisotopic (exact) mass is 433 g/mol. The number of ether oxygens (including phenoxy) is 1. The lowest BCUT2D eigenvalue weighted by Gasteiger charge is -2.38. The van der Waals surface area contributed by atoms with E-state index in [9.17, 15) is 51.3 Å². The Hall–Kier alpha value is -2.42. The lowest BCUT2D eigenvalue weighted by molar-refractivity contribution is -0.231. The second-order valence-corrected chi connectivity index (χ2v) is 6.06. The second kappa shape index (κ2) is 7.78. The lowest BCUT2D eigenvalue weighted by Crippen LogP contribution is -2.64. The van der Waals surface area contributed by atoms with Gasteiger partial charge >= 0.3 is 18.3 Å². The fraction of sp³-hybridized carbons (Fsp3) is 0.467. The van der Waals surface area contributed by atoms with Crippen molar-refractivity contribution in [3.8, 4) is 0 Å². The fourth-order valence-corrected chi connectivity index (χ4v) is 2.50. The third kappa shape index (κ3) is 4.95. The van der Waals surface area contributed by atoms with Gasteiger partial charge in [0.05, 0.1) is 11.1 Å². The minimum atomic E-state index is -5.22. The summed E-state index contributed by atoms with van der Waals surface area (Å²) in [7, 11) is 0. The summed E-state index contributed by atoms with van der Waals surface area (Å²) in [4.78, 5) is 23.1. The number of benzene rings is 1. The number of carbonyl (C=O) groups excluding carboxylic acids is 1. The van der Waals surface area contributed by atoms with Crippen molar-refractivity contribution in [2.24, 2.45) is 0 Å². The van der Waals surface area contributed by atoms with E-state index in [2.05, 4.69) is 0 Å². The number of halogens is 6. The number of carbonyl (C=O) groups is 2. The molecule has 1 saturated heterocycles. The number of carboxylic acid groups (broad SMARTS) is 1. The smallest absolute Gasteiger partial charge is 0.416 e. The van der Waals surface area contributed by atoms with Gasteiger partial charge in [-0.2, -0.15) is 26.3 Å². The number of aliphatic carboxylic acids is 1. The van der Waals surface area contributed by atoms with Crippen molar-refractivity contribution < 1.29 is 61.1 Å². The number of alkyl halides is 6. The highest BCUT2D eigenvalue weighted by molar-refractivity contribution is 5.94. The molecule has 0 radical (unpaired) electrons. The van der Waals surface area contributed by atoms with Gasteiger partial charge in [-0.05, 0) is 18.2 Å². The summed E-state index contributed by atoms with van der Waals surface area (Å²) in [5, 5.41) is 39.5. The molecular weight excluding hydrogens is 420 g/mol. The molecule has 0 saturated carbocycles. The Morgan fingerprint density at radius 2 is 1.34 bits per heavy atom. The van der Waals surface area contributed by atoms with E-state index in [4.69, 9.17) is 9.84 Å². The number of rotatable bonds is 3. The van der Waals surface area contributed by atoms with Crippen LogP contribution in [0.15, 0.2) is 18.2 Å². The van der Waals surface area contributed by atoms with E-state index in [1.165, 1.54) is 0 Å². The van der Waals surface area contributed by atoms with Crippen LogP contribution in [0.5, 0.6) is 0 Å². The Bertz CT molecular complexity index is 764. The van der Waals surface area contributed by atoms with Crippen LogP contribution in [-0.2, 0) is 21.9 Å². The van der Waals surface area contributed by atoms with E-state index in [-0.39, 0.29) is 18.2 Å². The van der Waals surface area contributed by atoms with E-state index in [0.717, 1.165) is 0 Å². The Morgan fingerprint density at radius 1 is 0.862 bits per heavy atom. The molecule has 5 unspecified atom stereocenters. The summed E-state index contributed by atoms with van der Waals surface area (Å²) in [6.07, 6.45) is -21.0. The molecule has 5 N–H and O–H groups in total. The zero-order valence-corrected chi connectivity index (χ0v) is 13.9. The van der Waals surface area contributed by atoms with Gasteiger partial charge in [-0.25, -0.2) is 4.79 Å². The topological polar surface area (TPSA) is 136 Å². The largest absolute Gasteiger partial charge is 0.479 e. The number of carboxylic acids is 1. The number of aliphatic hydroxyl groups is 3. The van der Waals surface area contributed by atoms with E-state index in [1.54, 1.807) is 5.32 Å². The van der Waals surface area contributed by atoms with Gasteiger partial charge in [0.25, 0.3) is 5.91 Å². The van der Waals surface area contributed by atoms with Gasteiger partial charge < -0.3 is 30.5 Å². The number of aliphatic hydroxyl groups excluding tert-OH is 3. The lowest BCUT2D eigenvalue weighted by atomic mass is 9.97. The molecule has 14 heteroatoms. The van der Waals surface area contributed by atoms with Gasteiger partial charge in [0, 0.05) is 5.56 Å². The number of hydrogen-bond acceptors (Lipinski definition) is 6. The average molecular weight is 433 g/mol. The van der Waals surface area contributed by atoms with Gasteiger partial charge in [0.15, 0.2) is 12.3 Å². The van der Waals surface area contributed by atoms with Gasteiger partial charge in [0.2, 0.25) is 0 Å². The number of nitrogens with one attached hydrogen (secondary N) is 1. The average Bonchev–Trinajstić information content (AvgIpc) is 2.59. The van der Waals surface area contributed by atoms with Crippen LogP contribution < -0.4 is 5.32 Å². The van der Waals surface area contributed by atoms with Gasteiger partial charge in [-0.1, -0.05) is 0 Å². The van der Waals surface area contributed by atoms with Gasteiger partial charge in [0.1, 0.15) is 18.3 Å². The number of hydrogen-bond donors (Lipinski definition) is 5. The van der Waals surface area contributed by atoms with Crippen LogP contribution >= 0.6 is 0 Å². The van der Waals surface area contributed by atoms with E-state index < -0.39 is 71.6 Å². The molecule has 1 heterocycles. The van der Waals surface area contributed by atoms with Crippen LogP contribution in [0.2, 0.25) is 0 Å². The quantitative estimate of drug-likeness (QED) is 0.434. The molecule has 0 bridgehead atoms. The van der Waals surface area contributed by atoms with E-state index in [0.29, 0.717) is 0 Å². The van der Waals surface area contributed by atoms with Crippen molar-refractivity contribution in [2.45, 2.75) is 43.0 Å². The molecule has 1 aliphatic rings. The molecular formula is C15H13F6NO7. The molecule has 1 amide bonds. The first kappa shape index (κ1) is 22.9. The third-order valence-electron chi connectivity index (χ3n) is 3.98. The van der Waals surface area contributed by atoms with Crippen molar-refractivity contribution in [3.05, 3.63) is 34.9 Å². The molecule has 29 heavy (non-hydrogen) atoms. The molecule has 8 nitrogen and oxygen atoms in total. The van der Waals surface area contributed by atoms with Crippen molar-refractivity contribution in [2.75, 3.05) is 0 Å². The SMILES string of the molecule is O=C(NC1OC(C(=O)O)C(O)C(O)C1O)c1cc(C(F)(F)F)cc(C(F)(F)F)c1. The Labute approximate surface area is 157 Å². The molecule has 162 valence electrons. The highest BCUT2D eigenvalue weighted by Crippen LogP contribution is 2.36. The van der Waals surface area contributed by atoms with Crippen LogP contribution in [0.1, 0.15) is 21.5 Å². The molecule has 2 rings (SSSR count). The van der Waals surface area contributed by atoms with Crippen LogP contribution in [0.4, 0.5) is 26.3 Å². The Kier molecular flexibility index (Phi) is 6.13. The van der Waals surface area contributed by atoms with Gasteiger partial charge in [-0.3, -0.25) is 4.79 Å². The maximum absolute atomic E-state index is 12.9. The van der Waals surface area contributed by atoms with Crippen molar-refractivity contribution in [3.63, 3.8) is 0 Å². The summed E-state index contributed by atoms with van der Waals surface area (Å²) in [5.74, 6) is -3.39. The first-order chi connectivity index (χ1) is 13.1. The molecule has 0 aromatic heterocycles. The molecule has 0 spiro atoms. The third-order valence-corrected chi connectivity index (χ3v) is 3.98. The minimum absolute atomic E-state index is 0.111. The van der Waals surface area contributed by atoms with Crippen LogP contribution in [0.25, 0.3) is 0 Å². The van der Waals surface area contributed by atoms with Crippen LogP contribution in [-0.4, -0.2) is 62.9 Å². The van der Waals surface area contributed by atoms with Crippen LogP contribution in [0, 0.1) is 0 Å². The minimum Gasteiger partial charge on any atom is -0.479 e. The van der Waals surface area contributed by atoms with E-state index in [1.807, 2.05) is 0 Å². The Balaban J connectivity index is 2.35. The maximum atomic E-state index is 12.9. The predicted molar refractivity (Wildman–Crippen MR) is 78.2 cm³/mol. The predicted octanol–water partition coefficient (Wildman–Crippen LogP) is 0.346. The van der Waals surface area contributed by atoms with Gasteiger partial charge in [-0.15, -0.1) is 0 Å². The fourth-order valence-electron chi connectivity index (χ4n) is 2.50. The second-order valence-electron chi connectivity index (χ2n) is 6.06. The summed E-state index contributed by atoms with van der Waals surface area (Å²) >= 11 is 0. The van der Waals surface area contributed by atoms with Crippen LogP contribution in [0.3, 0.4) is 0 Å². The molecule has 1 aromatic rings. The maximum Gasteiger partial charge on any atom is 0.416 e. The molecule has 1 aromatic carbocycles. The highest BCUT2D eigenvalue weighted by atomic mass is 19.4. The molecule has 5 atom stereocenters. The molecule has 1 aliphatic heterocycles. The first-order valence-electron chi connectivity index (χ1n) is 7.65. The Morgan fingerprint density at radius 3 is 1.76 bits per heavy atom. The first-order valence-corrected chi connectivity index (χ1v) is 7.65. The van der Waals surface area contributed by atoms with Crippen molar-refractivity contribution >= 4 is 11.9 Å². The normalized spacial score (nSPS) is 28.1. The van der Waals surface area contributed by atoms with Crippen molar-refractivity contribution in [1.29, 1.82) is 0 Å². The summed E-state index contributed by atoms with van der Waals surface area (Å²) in [6.45, 7) is 0. The zero-order valence-electron chi connectivity index (χ0n) is 13.9. The molecule has 1 fully saturated rings. The molecule has 0 aliphatic carbocycles. The van der Waals surface area contributed by atoms with E-state index >= 15 is 0 Å². The number of amides is 1. The summed E-state index contributed by atoms with van der Waals surface area (Å²) < 4.78 is 81.9. The van der Waals surface area contributed by atoms with Crippen molar-refractivity contribution in [1.82, 2.24) is 5.32 Å².